The van der Waals surface area contributed by atoms with E-state index in [1.165, 1.54) is 38.5 Å². The van der Waals surface area contributed by atoms with E-state index >= 15 is 0 Å². The van der Waals surface area contributed by atoms with Crippen LogP contribution in [-0.2, 0) is 9.47 Å². The van der Waals surface area contributed by atoms with E-state index in [4.69, 9.17) is 9.47 Å². The van der Waals surface area contributed by atoms with Crippen LogP contribution in [0.5, 0.6) is 0 Å². The van der Waals surface area contributed by atoms with Crippen molar-refractivity contribution in [2.75, 3.05) is 6.61 Å². The van der Waals surface area contributed by atoms with Gasteiger partial charge in [0.25, 0.3) is 0 Å². The van der Waals surface area contributed by atoms with Crippen molar-refractivity contribution in [3.8, 4) is 0 Å². The average Bonchev–Trinajstić information content (AvgIpc) is 2.30. The van der Waals surface area contributed by atoms with Gasteiger partial charge in [0.15, 0.2) is 6.29 Å². The van der Waals surface area contributed by atoms with Crippen molar-refractivity contribution in [2.24, 2.45) is 11.8 Å². The van der Waals surface area contributed by atoms with Crippen LogP contribution in [0.25, 0.3) is 0 Å². The van der Waals surface area contributed by atoms with E-state index in [1.54, 1.807) is 0 Å². The van der Waals surface area contributed by atoms with E-state index in [9.17, 15) is 0 Å². The quantitative estimate of drug-likeness (QED) is 0.729. The summed E-state index contributed by atoms with van der Waals surface area (Å²) in [7, 11) is 0. The van der Waals surface area contributed by atoms with Crippen LogP contribution >= 0.6 is 0 Å². The van der Waals surface area contributed by atoms with Crippen LogP contribution in [0.3, 0.4) is 0 Å². The molecular weight excluding hydrogens is 200 g/mol. The Morgan fingerprint density at radius 3 is 2.44 bits per heavy atom. The summed E-state index contributed by atoms with van der Waals surface area (Å²) in [4.78, 5) is 0. The van der Waals surface area contributed by atoms with Crippen molar-refractivity contribution in [3.05, 3.63) is 0 Å². The number of rotatable bonds is 3. The molecule has 2 nitrogen and oxygen atoms in total. The van der Waals surface area contributed by atoms with Gasteiger partial charge in [-0.1, -0.05) is 19.8 Å². The van der Waals surface area contributed by atoms with Crippen molar-refractivity contribution >= 4 is 0 Å². The predicted octanol–water partition coefficient (Wildman–Crippen LogP) is 3.74. The Balaban J connectivity index is 1.75. The lowest BCUT2D eigenvalue weighted by Crippen LogP contribution is -2.37. The molecule has 0 amide bonds. The second-order valence-electron chi connectivity index (χ2n) is 5.54. The maximum absolute atomic E-state index is 5.90. The van der Waals surface area contributed by atoms with E-state index in [0.29, 0.717) is 12.0 Å². The lowest BCUT2D eigenvalue weighted by atomic mass is 9.79. The molecule has 16 heavy (non-hydrogen) atoms. The highest BCUT2D eigenvalue weighted by Gasteiger charge is 2.31. The maximum atomic E-state index is 5.90. The first kappa shape index (κ1) is 12.4. The standard InChI is InChI=1S/C14H26O2/c1-3-4-12-5-7-13(8-6-12)14-15-10-9-11(2)16-14/h11-14H,3-10H2,1-2H3. The van der Waals surface area contributed by atoms with Gasteiger partial charge in [-0.05, 0) is 44.9 Å². The molecular formula is C14H26O2. The second-order valence-corrected chi connectivity index (χ2v) is 5.54. The van der Waals surface area contributed by atoms with Gasteiger partial charge in [-0.25, -0.2) is 0 Å². The SMILES string of the molecule is CCCC1CCC(C2OCCC(C)O2)CC1. The van der Waals surface area contributed by atoms with E-state index < -0.39 is 0 Å². The summed E-state index contributed by atoms with van der Waals surface area (Å²) in [6, 6.07) is 0. The molecule has 2 heteroatoms. The molecule has 0 N–H and O–H groups in total. The number of ether oxygens (including phenoxy) is 2. The van der Waals surface area contributed by atoms with Gasteiger partial charge in [-0.15, -0.1) is 0 Å². The Morgan fingerprint density at radius 2 is 1.81 bits per heavy atom. The Labute approximate surface area is 99.7 Å². The minimum atomic E-state index is 0.103. The average molecular weight is 226 g/mol. The molecule has 0 radical (unpaired) electrons. The van der Waals surface area contributed by atoms with Gasteiger partial charge in [0.2, 0.25) is 0 Å². The lowest BCUT2D eigenvalue weighted by molar-refractivity contribution is -0.235. The molecule has 2 unspecified atom stereocenters. The Hall–Kier alpha value is -0.0800. The summed E-state index contributed by atoms with van der Waals surface area (Å²) in [6.07, 6.45) is 9.69. The zero-order valence-corrected chi connectivity index (χ0v) is 10.8. The summed E-state index contributed by atoms with van der Waals surface area (Å²) < 4.78 is 11.7. The number of hydrogen-bond acceptors (Lipinski definition) is 2. The van der Waals surface area contributed by atoms with Crippen LogP contribution in [0.2, 0.25) is 0 Å². The highest BCUT2D eigenvalue weighted by atomic mass is 16.7. The molecule has 2 aliphatic rings. The van der Waals surface area contributed by atoms with Crippen molar-refractivity contribution in [1.82, 2.24) is 0 Å². The van der Waals surface area contributed by atoms with Gasteiger partial charge in [0, 0.05) is 5.92 Å². The van der Waals surface area contributed by atoms with Crippen LogP contribution in [0.15, 0.2) is 0 Å². The lowest BCUT2D eigenvalue weighted by Gasteiger charge is -2.37. The normalized spacial score (nSPS) is 40.9. The molecule has 2 rings (SSSR count). The minimum absolute atomic E-state index is 0.103. The monoisotopic (exact) mass is 226 g/mol. The van der Waals surface area contributed by atoms with Crippen LogP contribution < -0.4 is 0 Å². The first-order valence-corrected chi connectivity index (χ1v) is 7.06. The third-order valence-corrected chi connectivity index (χ3v) is 4.15. The molecule has 1 aliphatic heterocycles. The third kappa shape index (κ3) is 3.21. The zero-order chi connectivity index (χ0) is 11.4. The Morgan fingerprint density at radius 1 is 1.06 bits per heavy atom. The van der Waals surface area contributed by atoms with Crippen LogP contribution in [-0.4, -0.2) is 19.0 Å². The van der Waals surface area contributed by atoms with Gasteiger partial charge in [0.1, 0.15) is 0 Å². The molecule has 1 aliphatic carbocycles. The number of hydrogen-bond donors (Lipinski definition) is 0. The largest absolute Gasteiger partial charge is 0.352 e. The third-order valence-electron chi connectivity index (χ3n) is 4.15. The topological polar surface area (TPSA) is 18.5 Å². The molecule has 0 aromatic heterocycles. The summed E-state index contributed by atoms with van der Waals surface area (Å²) in [5.41, 5.74) is 0. The predicted molar refractivity (Wildman–Crippen MR) is 65.3 cm³/mol. The smallest absolute Gasteiger partial charge is 0.160 e. The molecule has 94 valence electrons. The fourth-order valence-electron chi connectivity index (χ4n) is 3.09. The summed E-state index contributed by atoms with van der Waals surface area (Å²) in [5.74, 6) is 1.64. The van der Waals surface area contributed by atoms with Gasteiger partial charge in [-0.2, -0.15) is 0 Å². The summed E-state index contributed by atoms with van der Waals surface area (Å²) in [6.45, 7) is 5.35. The zero-order valence-electron chi connectivity index (χ0n) is 10.8. The first-order valence-electron chi connectivity index (χ1n) is 7.06. The van der Waals surface area contributed by atoms with Gasteiger partial charge in [-0.3, -0.25) is 0 Å². The molecule has 2 atom stereocenters. The fraction of sp³-hybridized carbons (Fsp3) is 1.00. The van der Waals surface area contributed by atoms with E-state index in [1.807, 2.05) is 0 Å². The molecule has 0 spiro atoms. The van der Waals surface area contributed by atoms with Crippen LogP contribution in [0.1, 0.15) is 58.8 Å². The molecule has 0 aromatic carbocycles. The van der Waals surface area contributed by atoms with Gasteiger partial charge >= 0.3 is 0 Å². The van der Waals surface area contributed by atoms with Crippen LogP contribution in [0, 0.1) is 11.8 Å². The highest BCUT2D eigenvalue weighted by molar-refractivity contribution is 4.76. The van der Waals surface area contributed by atoms with Crippen molar-refractivity contribution in [3.63, 3.8) is 0 Å². The molecule has 2 fully saturated rings. The fourth-order valence-corrected chi connectivity index (χ4v) is 3.09. The Bertz CT molecular complexity index is 197. The molecule has 1 saturated heterocycles. The van der Waals surface area contributed by atoms with E-state index in [0.717, 1.165) is 18.9 Å². The van der Waals surface area contributed by atoms with Crippen LogP contribution in [0.4, 0.5) is 0 Å². The highest BCUT2D eigenvalue weighted by Crippen LogP contribution is 2.35. The molecule has 1 saturated carbocycles. The first-order chi connectivity index (χ1) is 7.79. The summed E-state index contributed by atoms with van der Waals surface area (Å²) in [5, 5.41) is 0. The molecule has 0 bridgehead atoms. The van der Waals surface area contributed by atoms with E-state index in [-0.39, 0.29) is 6.29 Å². The Kier molecular flexibility index (Phi) is 4.66. The van der Waals surface area contributed by atoms with E-state index in [2.05, 4.69) is 13.8 Å². The minimum Gasteiger partial charge on any atom is -0.352 e. The molecule has 0 aromatic rings. The second kappa shape index (κ2) is 6.02. The van der Waals surface area contributed by atoms with Crippen molar-refractivity contribution in [2.45, 2.75) is 71.2 Å². The van der Waals surface area contributed by atoms with Crippen molar-refractivity contribution < 1.29 is 9.47 Å². The molecule has 1 heterocycles. The van der Waals surface area contributed by atoms with Gasteiger partial charge < -0.3 is 9.47 Å². The van der Waals surface area contributed by atoms with Crippen molar-refractivity contribution in [1.29, 1.82) is 0 Å². The maximum Gasteiger partial charge on any atom is 0.160 e. The summed E-state index contributed by atoms with van der Waals surface area (Å²) >= 11 is 0. The van der Waals surface area contributed by atoms with Gasteiger partial charge in [0.05, 0.1) is 12.7 Å².